The van der Waals surface area contributed by atoms with Crippen LogP contribution in [0.25, 0.3) is 0 Å². The van der Waals surface area contributed by atoms with Crippen LogP contribution in [0.5, 0.6) is 0 Å². The van der Waals surface area contributed by atoms with Gasteiger partial charge in [-0.1, -0.05) is 146 Å². The van der Waals surface area contributed by atoms with Crippen LogP contribution >= 0.6 is 14.5 Å². The molecule has 0 fully saturated rings. The van der Waals surface area contributed by atoms with Crippen molar-refractivity contribution in [2.24, 2.45) is 15.0 Å². The molecule has 6 aromatic carbocycles. The molecular weight excluding hydrogens is 536 g/mol. The molecule has 3 nitrogen and oxygen atoms in total. The van der Waals surface area contributed by atoms with E-state index in [9.17, 15) is 0 Å². The van der Waals surface area contributed by atoms with Crippen LogP contribution in [0, 0.1) is 0 Å². The minimum atomic E-state index is -2.53. The maximum atomic E-state index is 5.32. The molecule has 0 heterocycles. The van der Waals surface area contributed by atoms with Crippen molar-refractivity contribution in [2.75, 3.05) is 0 Å². The second kappa shape index (κ2) is 12.4. The first-order valence-electron chi connectivity index (χ1n) is 13.6. The minimum absolute atomic E-state index is 1.14. The molecule has 0 bridgehead atoms. The van der Waals surface area contributed by atoms with Crippen LogP contribution in [0.15, 0.2) is 197 Å². The first kappa shape index (κ1) is 26.8. The van der Waals surface area contributed by atoms with Crippen molar-refractivity contribution < 1.29 is 0 Å². The van der Waals surface area contributed by atoms with Crippen molar-refractivity contribution in [1.82, 2.24) is 0 Å². The third-order valence-electron chi connectivity index (χ3n) is 7.13. The van der Waals surface area contributed by atoms with E-state index in [4.69, 9.17) is 15.0 Å². The highest BCUT2D eigenvalue weighted by molar-refractivity contribution is 7.94. The third kappa shape index (κ3) is 5.23. The van der Waals surface area contributed by atoms with Gasteiger partial charge in [-0.05, 0) is 41.6 Å². The molecule has 0 aliphatic carbocycles. The number of rotatable bonds is 8. The summed E-state index contributed by atoms with van der Waals surface area (Å²) in [7, 11) is -5.06. The molecule has 6 rings (SSSR count). The van der Waals surface area contributed by atoms with E-state index in [0.717, 1.165) is 31.8 Å². The van der Waals surface area contributed by atoms with Crippen molar-refractivity contribution in [3.05, 3.63) is 182 Å². The molecule has 0 radical (unpaired) electrons. The Morgan fingerprint density at radius 2 is 0.610 bits per heavy atom. The van der Waals surface area contributed by atoms with Gasteiger partial charge < -0.3 is 0 Å². The Bertz CT molecular complexity index is 1560. The Hall–Kier alpha value is -4.42. The van der Waals surface area contributed by atoms with Crippen molar-refractivity contribution in [3.63, 3.8) is 0 Å². The summed E-state index contributed by atoms with van der Waals surface area (Å²) in [5.74, 6) is 0. The maximum absolute atomic E-state index is 5.32. The van der Waals surface area contributed by atoms with Gasteiger partial charge in [-0.15, -0.1) is 4.85 Å². The van der Waals surface area contributed by atoms with Gasteiger partial charge >= 0.3 is 0 Å². The van der Waals surface area contributed by atoms with Crippen LogP contribution < -0.4 is 31.8 Å². The van der Waals surface area contributed by atoms with E-state index < -0.39 is 14.5 Å². The largest absolute Gasteiger partial charge is 0.255 e. The van der Waals surface area contributed by atoms with Gasteiger partial charge in [-0.25, -0.2) is 0 Å². The normalized spacial score (nSPS) is 11.8. The number of hydrogen-bond donors (Lipinski definition) is 0. The van der Waals surface area contributed by atoms with E-state index in [-0.39, 0.29) is 0 Å². The maximum Gasteiger partial charge on any atom is 0.255 e. The van der Waals surface area contributed by atoms with Crippen LogP contribution in [0.1, 0.15) is 0 Å². The molecule has 0 N–H and O–H groups in total. The van der Waals surface area contributed by atoms with Gasteiger partial charge in [0.15, 0.2) is 0 Å². The minimum Gasteiger partial charge on any atom is -0.135 e. The molecular formula is C36H30N3P2+. The first-order valence-corrected chi connectivity index (χ1v) is 17.1. The summed E-state index contributed by atoms with van der Waals surface area (Å²) in [5.41, 5.74) is 0. The van der Waals surface area contributed by atoms with Gasteiger partial charge in [0.05, 0.1) is 7.05 Å². The van der Waals surface area contributed by atoms with Gasteiger partial charge in [-0.2, -0.15) is 0 Å². The summed E-state index contributed by atoms with van der Waals surface area (Å²) in [6.45, 7) is 0. The highest BCUT2D eigenvalue weighted by atomic mass is 31.2. The molecule has 0 amide bonds. The Kier molecular flexibility index (Phi) is 8.10. The quantitative estimate of drug-likeness (QED) is 0.104. The predicted molar refractivity (Wildman–Crippen MR) is 178 cm³/mol. The van der Waals surface area contributed by atoms with Crippen LogP contribution in [-0.2, 0) is 0 Å². The molecule has 0 unspecified atom stereocenters. The lowest BCUT2D eigenvalue weighted by Crippen LogP contribution is -2.29. The lowest BCUT2D eigenvalue weighted by molar-refractivity contribution is 1.12. The summed E-state index contributed by atoms with van der Waals surface area (Å²) in [4.78, 5) is 10.6. The van der Waals surface area contributed by atoms with Crippen LogP contribution in [-0.4, -0.2) is 0 Å². The molecule has 0 saturated carbocycles. The Labute approximate surface area is 242 Å². The van der Waals surface area contributed by atoms with E-state index in [1.807, 2.05) is 36.4 Å². The Morgan fingerprint density at radius 3 is 0.902 bits per heavy atom. The van der Waals surface area contributed by atoms with Crippen molar-refractivity contribution in [3.8, 4) is 0 Å². The highest BCUT2D eigenvalue weighted by Gasteiger charge is 2.47. The number of nitrogens with zero attached hydrogens (tertiary/aromatic N) is 3. The molecule has 0 aromatic heterocycles. The molecule has 198 valence electrons. The Morgan fingerprint density at radius 1 is 0.341 bits per heavy atom. The topological polar surface area (TPSA) is 37.1 Å². The zero-order valence-corrected chi connectivity index (χ0v) is 24.3. The summed E-state index contributed by atoms with van der Waals surface area (Å²) in [6.07, 6.45) is 0. The zero-order chi connectivity index (χ0) is 27.8. The molecule has 41 heavy (non-hydrogen) atoms. The van der Waals surface area contributed by atoms with E-state index in [2.05, 4.69) is 146 Å². The van der Waals surface area contributed by atoms with Gasteiger partial charge in [-0.3, -0.25) is 0 Å². The number of hydrogen-bond acceptors (Lipinski definition) is 1. The van der Waals surface area contributed by atoms with Crippen LogP contribution in [0.4, 0.5) is 0 Å². The highest BCUT2D eigenvalue weighted by Crippen LogP contribution is 2.58. The lowest BCUT2D eigenvalue weighted by atomic mass is 10.4. The third-order valence-corrected chi connectivity index (χ3v) is 14.1. The summed E-state index contributed by atoms with van der Waals surface area (Å²) >= 11 is 0. The fourth-order valence-electron chi connectivity index (χ4n) is 5.20. The van der Waals surface area contributed by atoms with Crippen molar-refractivity contribution in [2.45, 2.75) is 0 Å². The molecule has 0 aliphatic rings. The smallest absolute Gasteiger partial charge is 0.135 e. The summed E-state index contributed by atoms with van der Waals surface area (Å²) < 4.78 is 0. The fourth-order valence-corrected chi connectivity index (χ4v) is 11.6. The van der Waals surface area contributed by atoms with Gasteiger partial charge in [0.1, 0.15) is 15.9 Å². The molecule has 0 aliphatic heterocycles. The van der Waals surface area contributed by atoms with E-state index in [1.165, 1.54) is 0 Å². The van der Waals surface area contributed by atoms with Gasteiger partial charge in [0.25, 0.3) is 7.41 Å². The van der Waals surface area contributed by atoms with E-state index in [1.54, 1.807) is 0 Å². The van der Waals surface area contributed by atoms with Crippen LogP contribution in [0.2, 0.25) is 0 Å². The average molecular weight is 567 g/mol. The average Bonchev–Trinajstić information content (AvgIpc) is 3.08. The second-order valence-corrected chi connectivity index (χ2v) is 15.6. The van der Waals surface area contributed by atoms with E-state index >= 15 is 0 Å². The lowest BCUT2D eigenvalue weighted by Gasteiger charge is -2.25. The van der Waals surface area contributed by atoms with Crippen LogP contribution in [0.3, 0.4) is 0 Å². The molecule has 0 atom stereocenters. The summed E-state index contributed by atoms with van der Waals surface area (Å²) in [6, 6.07) is 63.3. The molecule has 5 heteroatoms. The molecule has 0 spiro atoms. The SMILES string of the molecule is c1ccc(P(=N/N=N/[P+](c2ccccc2)(c2ccccc2)c2ccccc2)(c2ccccc2)c2ccccc2)cc1. The zero-order valence-electron chi connectivity index (χ0n) is 22.6. The standard InChI is InChI=1S/C36H30N3P2/c1-7-19-31(20-8-1)40(32-21-9-2-10-22-32,33-23-11-3-12-24-33)38-37-39-41(34-25-13-4-14-26-34,35-27-15-5-16-28-35)36-29-17-6-18-30-36/h1-30H/q+1/b38-37+. The fraction of sp³-hybridized carbons (Fsp3) is 0. The molecule has 6 aromatic rings. The second-order valence-electron chi connectivity index (χ2n) is 9.55. The monoisotopic (exact) mass is 566 g/mol. The van der Waals surface area contributed by atoms with Crippen molar-refractivity contribution in [1.29, 1.82) is 0 Å². The van der Waals surface area contributed by atoms with Gasteiger partial charge in [0.2, 0.25) is 0 Å². The summed E-state index contributed by atoms with van der Waals surface area (Å²) in [5, 5.41) is 11.8. The first-order chi connectivity index (χ1) is 20.3. The predicted octanol–water partition coefficient (Wildman–Crippen LogP) is 7.44. The molecule has 0 saturated heterocycles. The van der Waals surface area contributed by atoms with E-state index in [0.29, 0.717) is 0 Å². The van der Waals surface area contributed by atoms with Gasteiger partial charge in [0, 0.05) is 20.8 Å². The Balaban J connectivity index is 1.68. The number of benzene rings is 6. The van der Waals surface area contributed by atoms with Crippen molar-refractivity contribution >= 4 is 46.3 Å².